The molecule has 0 bridgehead atoms. The van der Waals surface area contributed by atoms with Crippen LogP contribution in [-0.4, -0.2) is 26.2 Å². The zero-order valence-electron chi connectivity index (χ0n) is 10.6. The van der Waals surface area contributed by atoms with Crippen LogP contribution in [0, 0.1) is 5.92 Å². The van der Waals surface area contributed by atoms with Gasteiger partial charge >= 0.3 is 5.97 Å². The van der Waals surface area contributed by atoms with Crippen molar-refractivity contribution in [3.8, 4) is 0 Å². The second kappa shape index (κ2) is 7.22. The first-order valence-corrected chi connectivity index (χ1v) is 6.65. The predicted molar refractivity (Wildman–Crippen MR) is 80.7 cm³/mol. The van der Waals surface area contributed by atoms with Gasteiger partial charge in [-0.3, -0.25) is 4.79 Å². The number of methoxy groups -OCH3 is 1. The first-order valence-electron chi connectivity index (χ1n) is 5.89. The van der Waals surface area contributed by atoms with Crippen molar-refractivity contribution in [3.05, 3.63) is 28.2 Å². The molecule has 1 fully saturated rings. The Morgan fingerprint density at radius 1 is 1.32 bits per heavy atom. The van der Waals surface area contributed by atoms with Crippen LogP contribution in [-0.2, 0) is 9.53 Å². The minimum atomic E-state index is -0.114. The van der Waals surface area contributed by atoms with Crippen LogP contribution in [0.25, 0.3) is 0 Å². The Morgan fingerprint density at radius 3 is 2.47 bits per heavy atom. The number of halogens is 3. The molecular weight excluding hydrogens is 309 g/mol. The van der Waals surface area contributed by atoms with E-state index in [0.29, 0.717) is 10.0 Å². The molecule has 1 aliphatic heterocycles. The third-order valence-electron chi connectivity index (χ3n) is 3.28. The fourth-order valence-corrected chi connectivity index (χ4v) is 2.79. The van der Waals surface area contributed by atoms with E-state index in [0.717, 1.165) is 31.6 Å². The number of nitrogens with zero attached hydrogens (tertiary/aromatic N) is 1. The van der Waals surface area contributed by atoms with Crippen molar-refractivity contribution in [1.29, 1.82) is 0 Å². The van der Waals surface area contributed by atoms with Gasteiger partial charge in [-0.05, 0) is 31.0 Å². The topological polar surface area (TPSA) is 29.5 Å². The minimum absolute atomic E-state index is 0. The summed E-state index contributed by atoms with van der Waals surface area (Å²) in [6.07, 6.45) is 1.59. The average molecular weight is 325 g/mol. The van der Waals surface area contributed by atoms with Crippen LogP contribution in [0.3, 0.4) is 0 Å². The number of hydrogen-bond donors (Lipinski definition) is 0. The van der Waals surface area contributed by atoms with Crippen LogP contribution in [0.15, 0.2) is 18.2 Å². The van der Waals surface area contributed by atoms with Gasteiger partial charge in [0.25, 0.3) is 0 Å². The van der Waals surface area contributed by atoms with Crippen LogP contribution in [0.1, 0.15) is 12.8 Å². The molecule has 2 rings (SSSR count). The Hall–Kier alpha value is -0.640. The van der Waals surface area contributed by atoms with Crippen molar-refractivity contribution in [2.45, 2.75) is 12.8 Å². The highest BCUT2D eigenvalue weighted by atomic mass is 35.5. The highest BCUT2D eigenvalue weighted by Crippen LogP contribution is 2.31. The summed E-state index contributed by atoms with van der Waals surface area (Å²) in [6, 6.07) is 5.49. The van der Waals surface area contributed by atoms with E-state index >= 15 is 0 Å². The maximum absolute atomic E-state index is 11.4. The SMILES string of the molecule is COC(=O)C1CCN(c2ccc(Cl)cc2Cl)CC1.Cl. The van der Waals surface area contributed by atoms with Gasteiger partial charge in [-0.15, -0.1) is 12.4 Å². The normalized spacial score (nSPS) is 15.8. The molecule has 1 aromatic rings. The summed E-state index contributed by atoms with van der Waals surface area (Å²) in [5.41, 5.74) is 0.976. The van der Waals surface area contributed by atoms with E-state index in [1.807, 2.05) is 12.1 Å². The lowest BCUT2D eigenvalue weighted by molar-refractivity contribution is -0.146. The molecule has 106 valence electrons. The molecule has 1 aliphatic rings. The molecule has 0 saturated carbocycles. The van der Waals surface area contributed by atoms with Crippen LogP contribution >= 0.6 is 35.6 Å². The summed E-state index contributed by atoms with van der Waals surface area (Å²) in [6.45, 7) is 1.61. The van der Waals surface area contributed by atoms with Crippen LogP contribution in [0.4, 0.5) is 5.69 Å². The third kappa shape index (κ3) is 3.91. The summed E-state index contributed by atoms with van der Waals surface area (Å²) in [5, 5.41) is 1.28. The maximum Gasteiger partial charge on any atom is 0.308 e. The lowest BCUT2D eigenvalue weighted by Crippen LogP contribution is -2.36. The van der Waals surface area contributed by atoms with Crippen molar-refractivity contribution < 1.29 is 9.53 Å². The summed E-state index contributed by atoms with van der Waals surface area (Å²) in [4.78, 5) is 13.6. The van der Waals surface area contributed by atoms with Gasteiger partial charge < -0.3 is 9.64 Å². The Bertz CT molecular complexity index is 446. The predicted octanol–water partition coefficient (Wildman–Crippen LogP) is 3.80. The number of carbonyl (C=O) groups is 1. The lowest BCUT2D eigenvalue weighted by Gasteiger charge is -2.33. The number of esters is 1. The van der Waals surface area contributed by atoms with Gasteiger partial charge in [-0.2, -0.15) is 0 Å². The van der Waals surface area contributed by atoms with Gasteiger partial charge in [0.2, 0.25) is 0 Å². The second-order valence-corrected chi connectivity index (χ2v) is 5.22. The van der Waals surface area contributed by atoms with Crippen LogP contribution in [0.2, 0.25) is 10.0 Å². The lowest BCUT2D eigenvalue weighted by atomic mass is 9.96. The van der Waals surface area contributed by atoms with Crippen molar-refractivity contribution >= 4 is 47.3 Å². The molecule has 0 unspecified atom stereocenters. The Morgan fingerprint density at radius 2 is 1.95 bits per heavy atom. The van der Waals surface area contributed by atoms with Crippen LogP contribution in [0.5, 0.6) is 0 Å². The Labute approximate surface area is 129 Å². The molecule has 0 aliphatic carbocycles. The molecule has 6 heteroatoms. The van der Waals surface area contributed by atoms with Gasteiger partial charge in [0.1, 0.15) is 0 Å². The van der Waals surface area contributed by atoms with Crippen molar-refractivity contribution in [2.24, 2.45) is 5.92 Å². The number of piperidine rings is 1. The Kier molecular flexibility index (Phi) is 6.24. The molecule has 3 nitrogen and oxygen atoms in total. The van der Waals surface area contributed by atoms with E-state index in [-0.39, 0.29) is 24.3 Å². The van der Waals surface area contributed by atoms with Gasteiger partial charge in [0.05, 0.1) is 23.7 Å². The molecule has 0 N–H and O–H groups in total. The average Bonchev–Trinajstić information content (AvgIpc) is 2.38. The Balaban J connectivity index is 0.00000180. The number of carbonyl (C=O) groups excluding carboxylic acids is 1. The monoisotopic (exact) mass is 323 g/mol. The largest absolute Gasteiger partial charge is 0.469 e. The van der Waals surface area contributed by atoms with E-state index in [2.05, 4.69) is 4.90 Å². The second-order valence-electron chi connectivity index (χ2n) is 4.38. The summed E-state index contributed by atoms with van der Waals surface area (Å²) in [5.74, 6) is -0.103. The molecule has 0 spiro atoms. The first kappa shape index (κ1) is 16.4. The molecule has 0 atom stereocenters. The van der Waals surface area contributed by atoms with Crippen molar-refractivity contribution in [3.63, 3.8) is 0 Å². The fraction of sp³-hybridized carbons (Fsp3) is 0.462. The van der Waals surface area contributed by atoms with E-state index in [4.69, 9.17) is 27.9 Å². The summed E-state index contributed by atoms with van der Waals surface area (Å²) in [7, 11) is 1.44. The molecule has 1 saturated heterocycles. The molecule has 1 aromatic carbocycles. The quantitative estimate of drug-likeness (QED) is 0.775. The summed E-state index contributed by atoms with van der Waals surface area (Å²) < 4.78 is 4.77. The molecule has 0 radical (unpaired) electrons. The van der Waals surface area contributed by atoms with Crippen molar-refractivity contribution in [1.82, 2.24) is 0 Å². The fourth-order valence-electron chi connectivity index (χ4n) is 2.26. The standard InChI is InChI=1S/C13H15Cl2NO2.ClH/c1-18-13(17)9-4-6-16(7-5-9)12-3-2-10(14)8-11(12)15;/h2-3,8-9H,4-7H2,1H3;1H. The van der Waals surface area contributed by atoms with Crippen molar-refractivity contribution in [2.75, 3.05) is 25.1 Å². The molecule has 1 heterocycles. The highest BCUT2D eigenvalue weighted by molar-refractivity contribution is 6.36. The summed E-state index contributed by atoms with van der Waals surface area (Å²) >= 11 is 12.0. The zero-order chi connectivity index (χ0) is 13.1. The van der Waals surface area contributed by atoms with Gasteiger partial charge in [0, 0.05) is 18.1 Å². The number of ether oxygens (including phenoxy) is 1. The molecule has 0 amide bonds. The van der Waals surface area contributed by atoms with Gasteiger partial charge in [-0.1, -0.05) is 23.2 Å². The van der Waals surface area contributed by atoms with E-state index in [9.17, 15) is 4.79 Å². The van der Waals surface area contributed by atoms with E-state index in [1.165, 1.54) is 7.11 Å². The number of rotatable bonds is 2. The maximum atomic E-state index is 11.4. The number of benzene rings is 1. The van der Waals surface area contributed by atoms with Gasteiger partial charge in [0.15, 0.2) is 0 Å². The van der Waals surface area contributed by atoms with E-state index < -0.39 is 0 Å². The first-order chi connectivity index (χ1) is 8.61. The smallest absolute Gasteiger partial charge is 0.308 e. The molecular formula is C13H16Cl3NO2. The minimum Gasteiger partial charge on any atom is -0.469 e. The zero-order valence-corrected chi connectivity index (χ0v) is 12.9. The highest BCUT2D eigenvalue weighted by Gasteiger charge is 2.26. The number of hydrogen-bond acceptors (Lipinski definition) is 3. The molecule has 19 heavy (non-hydrogen) atoms. The van der Waals surface area contributed by atoms with E-state index in [1.54, 1.807) is 6.07 Å². The van der Waals surface area contributed by atoms with Crippen LogP contribution < -0.4 is 4.90 Å². The number of anilines is 1. The molecule has 0 aromatic heterocycles. The third-order valence-corrected chi connectivity index (χ3v) is 3.82. The van der Waals surface area contributed by atoms with Gasteiger partial charge in [-0.25, -0.2) is 0 Å².